The van der Waals surface area contributed by atoms with Crippen molar-refractivity contribution >= 4 is 26.0 Å². The van der Waals surface area contributed by atoms with E-state index >= 15 is 0 Å². The second kappa shape index (κ2) is 4.62. The summed E-state index contributed by atoms with van der Waals surface area (Å²) >= 11 is 0. The summed E-state index contributed by atoms with van der Waals surface area (Å²) in [5.41, 5.74) is -1.89. The summed E-state index contributed by atoms with van der Waals surface area (Å²) in [5.74, 6) is -1.13. The van der Waals surface area contributed by atoms with Crippen LogP contribution in [0.1, 0.15) is 26.7 Å². The van der Waals surface area contributed by atoms with E-state index in [1.165, 1.54) is 0 Å². The lowest BCUT2D eigenvalue weighted by Crippen LogP contribution is -2.70. The van der Waals surface area contributed by atoms with Gasteiger partial charge in [-0.1, -0.05) is 6.92 Å². The first-order chi connectivity index (χ1) is 11.5. The molecule has 3 fully saturated rings. The lowest BCUT2D eigenvalue weighted by molar-refractivity contribution is -0.209. The standard InChI is InChI=1S/C18H24O6Si/c1-10-11(19)6-12-16(2)9-22-15(21)18(16,24-25(3,4)5)13-7-17(10,12)8-14(20)23-13/h6,10,13H,7-9H2,1-5H3/t10-,13-,16+,17-,18-/m1/s1. The molecule has 0 aromatic carbocycles. The molecule has 4 aliphatic rings. The van der Waals surface area contributed by atoms with Gasteiger partial charge in [0.05, 0.1) is 11.8 Å². The Morgan fingerprint density at radius 1 is 1.24 bits per heavy atom. The third-order valence-corrected chi connectivity index (χ3v) is 7.43. The molecule has 2 bridgehead atoms. The smallest absolute Gasteiger partial charge is 0.342 e. The molecule has 0 aromatic rings. The predicted octanol–water partition coefficient (Wildman–Crippen LogP) is 1.99. The van der Waals surface area contributed by atoms with Crippen LogP contribution in [-0.4, -0.2) is 44.4 Å². The Kier molecular flexibility index (Phi) is 3.14. The molecule has 2 heterocycles. The summed E-state index contributed by atoms with van der Waals surface area (Å²) in [4.78, 5) is 37.9. The molecule has 25 heavy (non-hydrogen) atoms. The topological polar surface area (TPSA) is 78.9 Å². The zero-order valence-electron chi connectivity index (χ0n) is 15.3. The maximum Gasteiger partial charge on any atom is 0.342 e. The molecular formula is C18H24O6Si. The Labute approximate surface area is 148 Å². The number of hydrogen-bond donors (Lipinski definition) is 0. The summed E-state index contributed by atoms with van der Waals surface area (Å²) in [7, 11) is -2.19. The summed E-state index contributed by atoms with van der Waals surface area (Å²) < 4.78 is 17.6. The van der Waals surface area contributed by atoms with E-state index in [1.807, 2.05) is 33.5 Å². The fourth-order valence-corrected chi connectivity index (χ4v) is 6.81. The molecule has 1 spiro atoms. The predicted molar refractivity (Wildman–Crippen MR) is 90.0 cm³/mol. The molecule has 1 saturated carbocycles. The molecule has 136 valence electrons. The van der Waals surface area contributed by atoms with Gasteiger partial charge in [0.1, 0.15) is 12.7 Å². The Morgan fingerprint density at radius 2 is 1.92 bits per heavy atom. The van der Waals surface area contributed by atoms with Crippen molar-refractivity contribution in [1.82, 2.24) is 0 Å². The van der Waals surface area contributed by atoms with Gasteiger partial charge in [0.15, 0.2) is 14.1 Å². The quantitative estimate of drug-likeness (QED) is 0.551. The molecule has 0 aromatic heterocycles. The summed E-state index contributed by atoms with van der Waals surface area (Å²) in [5, 5.41) is 0. The van der Waals surface area contributed by atoms with Gasteiger partial charge in [-0.2, -0.15) is 0 Å². The third-order valence-electron chi connectivity index (χ3n) is 6.49. The van der Waals surface area contributed by atoms with Crippen LogP contribution in [0.4, 0.5) is 0 Å². The molecule has 2 aliphatic heterocycles. The lowest BCUT2D eigenvalue weighted by atomic mass is 9.50. The SMILES string of the molecule is C[C@@H]1C(=O)C=C2[C@]13CC(=O)O[C@H](C3)[C@@]1(O[Si](C)(C)C)C(=O)OC[C@@]21C. The average Bonchev–Trinajstić information content (AvgIpc) is 2.87. The van der Waals surface area contributed by atoms with Gasteiger partial charge in [0.2, 0.25) is 5.60 Å². The number of hydrogen-bond acceptors (Lipinski definition) is 6. The zero-order chi connectivity index (χ0) is 18.4. The van der Waals surface area contributed by atoms with Crippen molar-refractivity contribution in [1.29, 1.82) is 0 Å². The first-order valence-corrected chi connectivity index (χ1v) is 12.2. The third kappa shape index (κ3) is 1.86. The van der Waals surface area contributed by atoms with Crippen LogP contribution in [0.25, 0.3) is 0 Å². The van der Waals surface area contributed by atoms with E-state index < -0.39 is 36.8 Å². The molecule has 5 atom stereocenters. The van der Waals surface area contributed by atoms with Crippen molar-refractivity contribution in [3.63, 3.8) is 0 Å². The first-order valence-electron chi connectivity index (χ1n) is 8.80. The largest absolute Gasteiger partial charge is 0.462 e. The molecule has 7 heteroatoms. The van der Waals surface area contributed by atoms with Crippen LogP contribution in [0.5, 0.6) is 0 Å². The van der Waals surface area contributed by atoms with Crippen molar-refractivity contribution in [2.45, 2.75) is 58.0 Å². The molecule has 2 aliphatic carbocycles. The van der Waals surface area contributed by atoms with Crippen molar-refractivity contribution in [3.05, 3.63) is 11.6 Å². The first kappa shape index (κ1) is 17.0. The van der Waals surface area contributed by atoms with E-state index in [-0.39, 0.29) is 30.7 Å². The minimum atomic E-state index is -2.19. The molecule has 2 saturated heterocycles. The Morgan fingerprint density at radius 3 is 2.56 bits per heavy atom. The minimum Gasteiger partial charge on any atom is -0.462 e. The van der Waals surface area contributed by atoms with Crippen LogP contribution in [-0.2, 0) is 28.3 Å². The second-order valence-electron chi connectivity index (χ2n) is 9.06. The monoisotopic (exact) mass is 364 g/mol. The number of carbonyl (C=O) groups excluding carboxylic acids is 3. The van der Waals surface area contributed by atoms with Crippen molar-refractivity contribution in [2.75, 3.05) is 6.61 Å². The highest BCUT2D eigenvalue weighted by Gasteiger charge is 2.78. The van der Waals surface area contributed by atoms with Crippen LogP contribution in [0.15, 0.2) is 11.6 Å². The number of allylic oxidation sites excluding steroid dienone is 1. The molecule has 0 unspecified atom stereocenters. The number of esters is 2. The van der Waals surface area contributed by atoms with Gasteiger partial charge in [-0.15, -0.1) is 0 Å². The summed E-state index contributed by atoms with van der Waals surface area (Å²) in [6, 6.07) is 0. The number of ether oxygens (including phenoxy) is 2. The maximum absolute atomic E-state index is 12.9. The van der Waals surface area contributed by atoms with Gasteiger partial charge in [-0.3, -0.25) is 9.59 Å². The van der Waals surface area contributed by atoms with Crippen LogP contribution in [0.3, 0.4) is 0 Å². The lowest BCUT2D eigenvalue weighted by Gasteiger charge is -2.59. The van der Waals surface area contributed by atoms with E-state index in [0.29, 0.717) is 6.42 Å². The number of fused-ring (bicyclic) bond motifs is 4. The van der Waals surface area contributed by atoms with Gasteiger partial charge in [0.25, 0.3) is 0 Å². The Bertz CT molecular complexity index is 736. The van der Waals surface area contributed by atoms with E-state index in [1.54, 1.807) is 6.08 Å². The fourth-order valence-electron chi connectivity index (χ4n) is 5.41. The van der Waals surface area contributed by atoms with Crippen molar-refractivity contribution in [3.8, 4) is 0 Å². The van der Waals surface area contributed by atoms with Crippen LogP contribution < -0.4 is 0 Å². The van der Waals surface area contributed by atoms with E-state index in [4.69, 9.17) is 13.9 Å². The number of cyclic esters (lactones) is 1. The highest BCUT2D eigenvalue weighted by molar-refractivity contribution is 6.70. The summed E-state index contributed by atoms with van der Waals surface area (Å²) in [6.45, 7) is 9.94. The van der Waals surface area contributed by atoms with Gasteiger partial charge in [-0.05, 0) is 44.6 Å². The van der Waals surface area contributed by atoms with Crippen molar-refractivity contribution < 1.29 is 28.3 Å². The normalized spacial score (nSPS) is 45.5. The fraction of sp³-hybridized carbons (Fsp3) is 0.722. The zero-order valence-corrected chi connectivity index (χ0v) is 16.3. The summed E-state index contributed by atoms with van der Waals surface area (Å²) in [6.07, 6.45) is 1.54. The average molecular weight is 364 g/mol. The number of rotatable bonds is 2. The highest BCUT2D eigenvalue weighted by atomic mass is 28.4. The van der Waals surface area contributed by atoms with E-state index in [9.17, 15) is 14.4 Å². The molecule has 6 nitrogen and oxygen atoms in total. The maximum atomic E-state index is 12.9. The van der Waals surface area contributed by atoms with Gasteiger partial charge in [0, 0.05) is 11.3 Å². The Hall–Kier alpha value is -1.47. The second-order valence-corrected chi connectivity index (χ2v) is 13.5. The molecule has 0 radical (unpaired) electrons. The number of ketones is 1. The number of carbonyl (C=O) groups is 3. The minimum absolute atomic E-state index is 0.00725. The van der Waals surface area contributed by atoms with Crippen LogP contribution >= 0.6 is 0 Å². The van der Waals surface area contributed by atoms with Crippen molar-refractivity contribution in [2.24, 2.45) is 16.7 Å². The highest BCUT2D eigenvalue weighted by Crippen LogP contribution is 2.68. The molecule has 4 rings (SSSR count). The molecular weight excluding hydrogens is 340 g/mol. The van der Waals surface area contributed by atoms with Crippen LogP contribution in [0, 0.1) is 16.7 Å². The van der Waals surface area contributed by atoms with Gasteiger partial charge >= 0.3 is 11.9 Å². The van der Waals surface area contributed by atoms with Crippen LogP contribution in [0.2, 0.25) is 19.6 Å². The Balaban J connectivity index is 1.98. The molecule has 0 amide bonds. The van der Waals surface area contributed by atoms with E-state index in [0.717, 1.165) is 5.57 Å². The molecule has 0 N–H and O–H groups in total. The van der Waals surface area contributed by atoms with Gasteiger partial charge in [-0.25, -0.2) is 4.79 Å². The van der Waals surface area contributed by atoms with Gasteiger partial charge < -0.3 is 13.9 Å². The van der Waals surface area contributed by atoms with E-state index in [2.05, 4.69) is 0 Å².